The summed E-state index contributed by atoms with van der Waals surface area (Å²) in [5.74, 6) is 0. The van der Waals surface area contributed by atoms with Gasteiger partial charge >= 0.3 is 0 Å². The summed E-state index contributed by atoms with van der Waals surface area (Å²) in [6, 6.07) is 22.0. The van der Waals surface area contributed by atoms with E-state index >= 15 is 0 Å². The summed E-state index contributed by atoms with van der Waals surface area (Å²) in [7, 11) is 0. The van der Waals surface area contributed by atoms with Crippen molar-refractivity contribution < 1.29 is 0 Å². The zero-order valence-electron chi connectivity index (χ0n) is 17.8. The van der Waals surface area contributed by atoms with Crippen LogP contribution < -0.4 is 10.9 Å². The van der Waals surface area contributed by atoms with Gasteiger partial charge in [-0.1, -0.05) is 72.1 Å². The Bertz CT molecular complexity index is 2340. The number of hydrogen-bond acceptors (Lipinski definition) is 2. The van der Waals surface area contributed by atoms with E-state index in [1.807, 2.05) is 54.6 Å². The smallest absolute Gasteiger partial charge is 0.195 e. The highest BCUT2D eigenvalue weighted by molar-refractivity contribution is 9.11. The van der Waals surface area contributed by atoms with Crippen molar-refractivity contribution in [1.82, 2.24) is 0 Å². The van der Waals surface area contributed by atoms with Crippen LogP contribution in [0.5, 0.6) is 0 Å². The van der Waals surface area contributed by atoms with Crippen molar-refractivity contribution in [2.75, 3.05) is 0 Å². The molecule has 8 aromatic carbocycles. The van der Waals surface area contributed by atoms with Gasteiger partial charge in [-0.15, -0.1) is 0 Å². The van der Waals surface area contributed by atoms with Crippen LogP contribution in [0.25, 0.3) is 75.4 Å². The van der Waals surface area contributed by atoms with Gasteiger partial charge in [0.2, 0.25) is 0 Å². The van der Waals surface area contributed by atoms with Crippen molar-refractivity contribution in [3.8, 4) is 0 Å². The highest BCUT2D eigenvalue weighted by Crippen LogP contribution is 2.47. The molecule has 0 aliphatic rings. The van der Waals surface area contributed by atoms with Gasteiger partial charge in [0.05, 0.1) is 0 Å². The van der Waals surface area contributed by atoms with Gasteiger partial charge < -0.3 is 0 Å². The Kier molecular flexibility index (Phi) is 3.88. The molecule has 0 heterocycles. The Hall–Kier alpha value is -2.86. The fourth-order valence-corrected chi connectivity index (χ4v) is 7.74. The van der Waals surface area contributed by atoms with Crippen molar-refractivity contribution in [3.63, 3.8) is 0 Å². The van der Waals surface area contributed by atoms with E-state index in [-0.39, 0.29) is 10.9 Å². The van der Waals surface area contributed by atoms with Gasteiger partial charge in [-0.25, -0.2) is 0 Å². The van der Waals surface area contributed by atoms with Crippen molar-refractivity contribution in [1.29, 1.82) is 0 Å². The molecule has 0 atom stereocenters. The van der Waals surface area contributed by atoms with E-state index in [1.165, 1.54) is 0 Å². The lowest BCUT2D eigenvalue weighted by Crippen LogP contribution is -2.07. The molecule has 0 fully saturated rings. The van der Waals surface area contributed by atoms with Crippen molar-refractivity contribution in [2.24, 2.45) is 0 Å². The zero-order chi connectivity index (χ0) is 23.7. The van der Waals surface area contributed by atoms with E-state index in [0.717, 1.165) is 67.3 Å². The average molecular weight is 643 g/mol. The second-order valence-electron chi connectivity index (χ2n) is 9.12. The number of halogens is 3. The Morgan fingerprint density at radius 2 is 0.914 bits per heavy atom. The summed E-state index contributed by atoms with van der Waals surface area (Å²) < 4.78 is 2.58. The van der Waals surface area contributed by atoms with Gasteiger partial charge in [-0.2, -0.15) is 0 Å². The van der Waals surface area contributed by atoms with Gasteiger partial charge in [0, 0.05) is 56.5 Å². The molecule has 2 nitrogen and oxygen atoms in total. The molecule has 0 saturated heterocycles. The molecule has 0 aliphatic heterocycles. The lowest BCUT2D eigenvalue weighted by molar-refractivity contribution is 1.67. The first-order valence-corrected chi connectivity index (χ1v) is 13.5. The van der Waals surface area contributed by atoms with E-state index in [0.29, 0.717) is 21.5 Å². The van der Waals surface area contributed by atoms with Crippen LogP contribution in [0.2, 0.25) is 0 Å². The van der Waals surface area contributed by atoms with E-state index in [2.05, 4.69) is 59.9 Å². The molecule has 164 valence electrons. The summed E-state index contributed by atoms with van der Waals surface area (Å²) in [5.41, 5.74) is 0.0442. The number of fused-ring (bicyclic) bond motifs is 4. The second kappa shape index (κ2) is 6.67. The molecule has 8 rings (SSSR count). The molecule has 0 amide bonds. The monoisotopic (exact) mass is 640 g/mol. The lowest BCUT2D eigenvalue weighted by Gasteiger charge is -2.19. The quantitative estimate of drug-likeness (QED) is 0.122. The van der Waals surface area contributed by atoms with Crippen molar-refractivity contribution in [2.45, 2.75) is 0 Å². The van der Waals surface area contributed by atoms with Gasteiger partial charge in [0.25, 0.3) is 0 Å². The van der Waals surface area contributed by atoms with Gasteiger partial charge in [0.1, 0.15) is 0 Å². The van der Waals surface area contributed by atoms with E-state index in [4.69, 9.17) is 0 Å². The third-order valence-electron chi connectivity index (χ3n) is 7.48. The fraction of sp³-hybridized carbons (Fsp3) is 0. The maximum atomic E-state index is 13.8. The maximum Gasteiger partial charge on any atom is 0.195 e. The first-order valence-electron chi connectivity index (χ1n) is 11.1. The van der Waals surface area contributed by atoms with Gasteiger partial charge in [-0.3, -0.25) is 9.59 Å². The molecule has 0 saturated carbocycles. The van der Waals surface area contributed by atoms with Crippen LogP contribution in [-0.2, 0) is 0 Å². The van der Waals surface area contributed by atoms with Gasteiger partial charge in [0.15, 0.2) is 10.9 Å². The third-order valence-corrected chi connectivity index (χ3v) is 9.46. The molecule has 0 aliphatic carbocycles. The fourth-order valence-electron chi connectivity index (χ4n) is 6.11. The van der Waals surface area contributed by atoms with E-state index < -0.39 is 0 Å². The third kappa shape index (κ3) is 2.35. The minimum Gasteiger partial charge on any atom is -0.289 e. The van der Waals surface area contributed by atoms with Crippen LogP contribution in [0.1, 0.15) is 0 Å². The Labute approximate surface area is 222 Å². The standard InChI is InChI=1S/C30H11Br3O2/c31-19-3-1-2-14-24(19)17-10-12-5-7-16-26-18(27-20(32)8-9-21(33)28(27)30(16)35)11-13-4-6-15(29(14)34)25(17)22(13)23(12)26/h1-11H. The molecular formula is C30H11Br3O2. The van der Waals surface area contributed by atoms with E-state index in [1.54, 1.807) is 0 Å². The summed E-state index contributed by atoms with van der Waals surface area (Å²) in [4.78, 5) is 27.3. The predicted octanol–water partition coefficient (Wildman–Crippen LogP) is 9.08. The summed E-state index contributed by atoms with van der Waals surface area (Å²) in [5, 5.41) is 12.9. The normalized spacial score (nSPS) is 12.7. The second-order valence-corrected chi connectivity index (χ2v) is 11.7. The molecular weight excluding hydrogens is 632 g/mol. The summed E-state index contributed by atoms with van der Waals surface area (Å²) >= 11 is 11.0. The molecule has 8 aromatic rings. The molecule has 0 N–H and O–H groups in total. The van der Waals surface area contributed by atoms with Crippen LogP contribution in [0.3, 0.4) is 0 Å². The minimum atomic E-state index is 0.00955. The van der Waals surface area contributed by atoms with Crippen LogP contribution >= 0.6 is 47.8 Å². The molecule has 0 aromatic heterocycles. The van der Waals surface area contributed by atoms with Crippen LogP contribution in [0.4, 0.5) is 0 Å². The Balaban J connectivity index is 1.80. The summed E-state index contributed by atoms with van der Waals surface area (Å²) in [6.07, 6.45) is 0. The molecule has 0 bridgehead atoms. The Morgan fingerprint density at radius 1 is 0.400 bits per heavy atom. The topological polar surface area (TPSA) is 34.1 Å². The molecule has 5 heteroatoms. The number of benzene rings is 8. The van der Waals surface area contributed by atoms with Crippen LogP contribution in [-0.4, -0.2) is 0 Å². The molecule has 0 unspecified atom stereocenters. The molecule has 35 heavy (non-hydrogen) atoms. The first-order chi connectivity index (χ1) is 17.0. The van der Waals surface area contributed by atoms with Crippen LogP contribution in [0, 0.1) is 0 Å². The highest BCUT2D eigenvalue weighted by atomic mass is 79.9. The largest absolute Gasteiger partial charge is 0.289 e. The zero-order valence-corrected chi connectivity index (χ0v) is 22.6. The van der Waals surface area contributed by atoms with E-state index in [9.17, 15) is 9.59 Å². The highest BCUT2D eigenvalue weighted by Gasteiger charge is 2.23. The molecule has 0 spiro atoms. The Morgan fingerprint density at radius 3 is 1.57 bits per heavy atom. The average Bonchev–Trinajstić information content (AvgIpc) is 2.86. The van der Waals surface area contributed by atoms with Crippen molar-refractivity contribution in [3.05, 3.63) is 101 Å². The minimum absolute atomic E-state index is 0.00955. The number of hydrogen-bond donors (Lipinski definition) is 0. The summed E-state index contributed by atoms with van der Waals surface area (Å²) in [6.45, 7) is 0. The molecule has 0 radical (unpaired) electrons. The first kappa shape index (κ1) is 20.3. The SMILES string of the molecule is O=c1c2cccc(Br)c2c2cc3ccc4c(=O)c5c(Br)ccc(Br)c5c5cc6ccc1c2c6c3c45. The van der Waals surface area contributed by atoms with Gasteiger partial charge in [-0.05, 0) is 74.8 Å². The predicted molar refractivity (Wildman–Crippen MR) is 158 cm³/mol. The maximum absolute atomic E-state index is 13.8. The van der Waals surface area contributed by atoms with Crippen molar-refractivity contribution >= 4 is 123 Å². The van der Waals surface area contributed by atoms with Crippen LogP contribution in [0.15, 0.2) is 89.7 Å². The lowest BCUT2D eigenvalue weighted by atomic mass is 9.84. The number of rotatable bonds is 0.